The summed E-state index contributed by atoms with van der Waals surface area (Å²) >= 11 is 0. The molecule has 9 heteroatoms. The molecular formula is C16H22N2O6S. The number of nitrogens with one attached hydrogen (secondary N) is 1. The summed E-state index contributed by atoms with van der Waals surface area (Å²) in [6.45, 7) is 4.72. The molecule has 1 rings (SSSR count). The number of rotatable bonds is 5. The van der Waals surface area contributed by atoms with Gasteiger partial charge in [-0.05, 0) is 32.9 Å². The lowest BCUT2D eigenvalue weighted by atomic mass is 10.1. The molecule has 2 N–H and O–H groups in total. The maximum absolute atomic E-state index is 12.6. The van der Waals surface area contributed by atoms with Gasteiger partial charge in [0, 0.05) is 20.3 Å². The van der Waals surface area contributed by atoms with Gasteiger partial charge in [0.15, 0.2) is 4.91 Å². The van der Waals surface area contributed by atoms with Crippen molar-refractivity contribution < 1.29 is 27.9 Å². The summed E-state index contributed by atoms with van der Waals surface area (Å²) in [5.41, 5.74) is -1.11. The first-order valence-electron chi connectivity index (χ1n) is 7.30. The fourth-order valence-electron chi connectivity index (χ4n) is 1.75. The molecule has 0 unspecified atom stereocenters. The van der Waals surface area contributed by atoms with Crippen LogP contribution in [-0.2, 0) is 14.8 Å². The van der Waals surface area contributed by atoms with Crippen LogP contribution in [0.3, 0.4) is 0 Å². The van der Waals surface area contributed by atoms with E-state index in [-0.39, 0.29) is 11.3 Å². The summed E-state index contributed by atoms with van der Waals surface area (Å²) in [5, 5.41) is 9.80. The molecule has 1 amide bonds. The number of nitrogens with zero attached hydrogens (tertiary/aromatic N) is 1. The second-order valence-electron chi connectivity index (χ2n) is 6.41. The Morgan fingerprint density at radius 2 is 1.76 bits per heavy atom. The number of Topliss-reactive ketones (excluding diaryl/α,β-unsaturated/α-hetero) is 1. The molecule has 138 valence electrons. The molecule has 0 fully saturated rings. The van der Waals surface area contributed by atoms with Gasteiger partial charge in [0.2, 0.25) is 5.78 Å². The van der Waals surface area contributed by atoms with Crippen LogP contribution >= 0.6 is 0 Å². The van der Waals surface area contributed by atoms with Crippen LogP contribution in [0.4, 0.5) is 4.79 Å². The Morgan fingerprint density at radius 1 is 1.20 bits per heavy atom. The van der Waals surface area contributed by atoms with Gasteiger partial charge in [-0.15, -0.1) is 0 Å². The average molecular weight is 370 g/mol. The van der Waals surface area contributed by atoms with Gasteiger partial charge in [0.05, 0.1) is 5.56 Å². The van der Waals surface area contributed by atoms with Crippen molar-refractivity contribution in [1.82, 2.24) is 9.62 Å². The van der Waals surface area contributed by atoms with Crippen LogP contribution in [0.25, 0.3) is 0 Å². The van der Waals surface area contributed by atoms with E-state index >= 15 is 0 Å². The van der Waals surface area contributed by atoms with Crippen molar-refractivity contribution >= 4 is 21.9 Å². The van der Waals surface area contributed by atoms with Crippen molar-refractivity contribution in [2.45, 2.75) is 26.4 Å². The minimum Gasteiger partial charge on any atom is -0.507 e. The number of phenolic OH excluding ortho intramolecular Hbond substituents is 1. The van der Waals surface area contributed by atoms with Gasteiger partial charge in [-0.3, -0.25) is 4.79 Å². The molecule has 0 aliphatic carbocycles. The van der Waals surface area contributed by atoms with E-state index in [1.807, 2.05) is 0 Å². The molecule has 0 saturated heterocycles. The van der Waals surface area contributed by atoms with E-state index in [2.05, 4.69) is 0 Å². The Morgan fingerprint density at radius 3 is 2.24 bits per heavy atom. The lowest BCUT2D eigenvalue weighted by Crippen LogP contribution is -2.38. The first kappa shape index (κ1) is 20.5. The highest BCUT2D eigenvalue weighted by Gasteiger charge is 2.31. The standard InChI is InChI=1S/C16H22N2O6S/c1-16(2,3)24-15(21)17-25(22,23)13(10-18(4)5)14(20)11-8-6-7-9-12(11)19/h6-10,19H,1-5H3,(H,17,21)/b13-10-. The number of hydrogen-bond donors (Lipinski definition) is 2. The van der Waals surface area contributed by atoms with E-state index in [4.69, 9.17) is 4.74 Å². The van der Waals surface area contributed by atoms with Gasteiger partial charge in [0.25, 0.3) is 10.0 Å². The Kier molecular flexibility index (Phi) is 6.20. The van der Waals surface area contributed by atoms with Crippen LogP contribution in [0, 0.1) is 0 Å². The number of aromatic hydroxyl groups is 1. The molecule has 0 spiro atoms. The van der Waals surface area contributed by atoms with E-state index in [0.29, 0.717) is 0 Å². The molecule has 0 saturated carbocycles. The zero-order chi connectivity index (χ0) is 19.4. The summed E-state index contributed by atoms with van der Waals surface area (Å²) in [7, 11) is -1.49. The summed E-state index contributed by atoms with van der Waals surface area (Å²) < 4.78 is 31.6. The molecule has 0 aromatic heterocycles. The summed E-state index contributed by atoms with van der Waals surface area (Å²) in [6, 6.07) is 5.52. The van der Waals surface area contributed by atoms with Crippen molar-refractivity contribution in [2.24, 2.45) is 0 Å². The molecule has 8 nitrogen and oxygen atoms in total. The number of benzene rings is 1. The number of hydrogen-bond acceptors (Lipinski definition) is 7. The third kappa shape index (κ3) is 6.11. The van der Waals surface area contributed by atoms with Crippen LogP contribution < -0.4 is 4.72 Å². The van der Waals surface area contributed by atoms with Crippen LogP contribution in [0.1, 0.15) is 31.1 Å². The Bertz CT molecular complexity index is 791. The lowest BCUT2D eigenvalue weighted by molar-refractivity contribution is 0.0570. The smallest absolute Gasteiger partial charge is 0.421 e. The van der Waals surface area contributed by atoms with Gasteiger partial charge < -0.3 is 14.7 Å². The Labute approximate surface area is 147 Å². The fraction of sp³-hybridized carbons (Fsp3) is 0.375. The van der Waals surface area contributed by atoms with Gasteiger partial charge in [-0.1, -0.05) is 12.1 Å². The van der Waals surface area contributed by atoms with Crippen molar-refractivity contribution in [2.75, 3.05) is 14.1 Å². The highest BCUT2D eigenvalue weighted by atomic mass is 32.2. The zero-order valence-corrected chi connectivity index (χ0v) is 15.5. The molecule has 1 aromatic carbocycles. The van der Waals surface area contributed by atoms with Crippen LogP contribution in [-0.4, -0.2) is 50.0 Å². The number of carbonyl (C=O) groups is 2. The SMILES string of the molecule is CN(C)/C=C(/C(=O)c1ccccc1O)S(=O)(=O)NC(=O)OC(C)(C)C. The van der Waals surface area contributed by atoms with Gasteiger partial charge in [-0.25, -0.2) is 17.9 Å². The van der Waals surface area contributed by atoms with Gasteiger partial charge in [0.1, 0.15) is 11.4 Å². The summed E-state index contributed by atoms with van der Waals surface area (Å²) in [6.07, 6.45) is -0.163. The number of para-hydroxylation sites is 1. The van der Waals surface area contributed by atoms with Crippen molar-refractivity contribution in [3.63, 3.8) is 0 Å². The van der Waals surface area contributed by atoms with E-state index in [1.54, 1.807) is 25.5 Å². The number of amides is 1. The molecule has 0 aliphatic heterocycles. The number of ether oxygens (including phenoxy) is 1. The highest BCUT2D eigenvalue weighted by Crippen LogP contribution is 2.22. The monoisotopic (exact) mass is 370 g/mol. The molecule has 0 atom stereocenters. The molecule has 1 aromatic rings. The van der Waals surface area contributed by atoms with Crippen molar-refractivity contribution in [3.8, 4) is 5.75 Å². The number of phenols is 1. The van der Waals surface area contributed by atoms with E-state index < -0.39 is 32.4 Å². The normalized spacial score (nSPS) is 12.4. The second kappa shape index (κ2) is 7.56. The Balaban J connectivity index is 3.25. The number of carbonyl (C=O) groups excluding carboxylic acids is 2. The lowest BCUT2D eigenvalue weighted by Gasteiger charge is -2.20. The molecule has 0 aliphatic rings. The number of sulfonamides is 1. The third-order valence-corrected chi connectivity index (χ3v) is 3.96. The fourth-order valence-corrected chi connectivity index (χ4v) is 2.82. The first-order valence-corrected chi connectivity index (χ1v) is 8.78. The maximum Gasteiger partial charge on any atom is 0.421 e. The van der Waals surface area contributed by atoms with E-state index in [1.165, 1.54) is 43.3 Å². The topological polar surface area (TPSA) is 113 Å². The minimum absolute atomic E-state index is 0.204. The average Bonchev–Trinajstić information content (AvgIpc) is 2.41. The van der Waals surface area contributed by atoms with E-state index in [9.17, 15) is 23.1 Å². The highest BCUT2D eigenvalue weighted by molar-refractivity contribution is 7.94. The summed E-state index contributed by atoms with van der Waals surface area (Å²) in [5.74, 6) is -1.33. The largest absolute Gasteiger partial charge is 0.507 e. The molecular weight excluding hydrogens is 348 g/mol. The van der Waals surface area contributed by atoms with Crippen molar-refractivity contribution in [1.29, 1.82) is 0 Å². The molecule has 25 heavy (non-hydrogen) atoms. The van der Waals surface area contributed by atoms with E-state index in [0.717, 1.165) is 6.20 Å². The third-order valence-electron chi connectivity index (χ3n) is 2.65. The van der Waals surface area contributed by atoms with Crippen LogP contribution in [0.2, 0.25) is 0 Å². The minimum atomic E-state index is -4.52. The maximum atomic E-state index is 12.6. The quantitative estimate of drug-likeness (QED) is 0.600. The molecule has 0 heterocycles. The number of allylic oxidation sites excluding steroid dienone is 1. The summed E-state index contributed by atoms with van der Waals surface area (Å²) in [4.78, 5) is 25.0. The van der Waals surface area contributed by atoms with Crippen molar-refractivity contribution in [3.05, 3.63) is 40.9 Å². The Hall–Kier alpha value is -2.55. The number of ketones is 1. The van der Waals surface area contributed by atoms with Gasteiger partial charge in [-0.2, -0.15) is 0 Å². The van der Waals surface area contributed by atoms with Crippen LogP contribution in [0.15, 0.2) is 35.4 Å². The van der Waals surface area contributed by atoms with Gasteiger partial charge >= 0.3 is 6.09 Å². The molecule has 0 radical (unpaired) electrons. The predicted octanol–water partition coefficient (Wildman–Crippen LogP) is 1.83. The second-order valence-corrected chi connectivity index (χ2v) is 8.06. The predicted molar refractivity (Wildman–Crippen MR) is 92.5 cm³/mol. The van der Waals surface area contributed by atoms with Crippen LogP contribution in [0.5, 0.6) is 5.75 Å². The molecule has 0 bridgehead atoms. The zero-order valence-electron chi connectivity index (χ0n) is 14.7. The first-order chi connectivity index (χ1) is 11.3.